The van der Waals surface area contributed by atoms with Crippen LogP contribution < -0.4 is 10.9 Å². The fourth-order valence-corrected chi connectivity index (χ4v) is 3.36. The third-order valence-electron chi connectivity index (χ3n) is 4.49. The minimum Gasteiger partial charge on any atom is -0.345 e. The van der Waals surface area contributed by atoms with Crippen molar-refractivity contribution >= 4 is 16.8 Å². The Morgan fingerprint density at radius 3 is 2.88 bits per heavy atom. The van der Waals surface area contributed by atoms with Crippen LogP contribution in [0.3, 0.4) is 0 Å². The Balaban J connectivity index is 1.71. The number of benzene rings is 2. The Morgan fingerprint density at radius 1 is 1.17 bits per heavy atom. The van der Waals surface area contributed by atoms with Crippen molar-refractivity contribution in [3.8, 4) is 0 Å². The molecule has 24 heavy (non-hydrogen) atoms. The molecule has 1 unspecified atom stereocenters. The molecule has 1 atom stereocenters. The number of hydrogen-bond donors (Lipinski definition) is 2. The maximum atomic E-state index is 13.4. The number of aromatic nitrogens is 1. The molecule has 5 heteroatoms. The molecule has 0 saturated heterocycles. The summed E-state index contributed by atoms with van der Waals surface area (Å²) in [5, 5.41) is 3.53. The summed E-state index contributed by atoms with van der Waals surface area (Å²) in [6, 6.07) is 13.2. The highest BCUT2D eigenvalue weighted by Gasteiger charge is 2.24. The molecule has 2 N–H and O–H groups in total. The standard InChI is InChI=1S/C19H15FN2O2/c20-12-6-7-14-15(10-18(23)21-17(14)9-12)19(24)22-16-8-5-11-3-1-2-4-13(11)16/h1-4,6-7,9-10,16H,5,8H2,(H,21,23)(H,22,24). The highest BCUT2D eigenvalue weighted by Crippen LogP contribution is 2.31. The molecule has 4 rings (SSSR count). The number of H-pyrrole nitrogens is 1. The van der Waals surface area contributed by atoms with Gasteiger partial charge >= 0.3 is 0 Å². The normalized spacial score (nSPS) is 16.1. The Kier molecular flexibility index (Phi) is 3.41. The number of pyridine rings is 1. The van der Waals surface area contributed by atoms with Gasteiger partial charge in [0.2, 0.25) is 5.56 Å². The van der Waals surface area contributed by atoms with E-state index >= 15 is 0 Å². The van der Waals surface area contributed by atoms with Crippen LogP contribution in [0.1, 0.15) is 33.9 Å². The first-order valence-electron chi connectivity index (χ1n) is 7.83. The van der Waals surface area contributed by atoms with E-state index in [2.05, 4.69) is 16.4 Å². The topological polar surface area (TPSA) is 62.0 Å². The lowest BCUT2D eigenvalue weighted by molar-refractivity contribution is 0.0938. The number of halogens is 1. The molecule has 1 aliphatic carbocycles. The number of carbonyl (C=O) groups is 1. The van der Waals surface area contributed by atoms with E-state index in [9.17, 15) is 14.0 Å². The van der Waals surface area contributed by atoms with Crippen molar-refractivity contribution in [2.45, 2.75) is 18.9 Å². The number of rotatable bonds is 2. The van der Waals surface area contributed by atoms with Crippen LogP contribution in [0.15, 0.2) is 53.3 Å². The number of fused-ring (bicyclic) bond motifs is 2. The number of amides is 1. The molecule has 0 aliphatic heterocycles. The number of nitrogens with one attached hydrogen (secondary N) is 2. The fourth-order valence-electron chi connectivity index (χ4n) is 3.36. The first kappa shape index (κ1) is 14.6. The van der Waals surface area contributed by atoms with Gasteiger partial charge in [-0.1, -0.05) is 24.3 Å². The molecule has 1 aromatic heterocycles. The molecular formula is C19H15FN2O2. The van der Waals surface area contributed by atoms with Gasteiger partial charge in [-0.25, -0.2) is 4.39 Å². The summed E-state index contributed by atoms with van der Waals surface area (Å²) in [6.07, 6.45) is 1.75. The van der Waals surface area contributed by atoms with Gasteiger partial charge < -0.3 is 10.3 Å². The number of aryl methyl sites for hydroxylation is 1. The van der Waals surface area contributed by atoms with E-state index in [4.69, 9.17) is 0 Å². The second kappa shape index (κ2) is 5.60. The zero-order valence-corrected chi connectivity index (χ0v) is 12.8. The minimum absolute atomic E-state index is 0.0662. The number of hydrogen-bond acceptors (Lipinski definition) is 2. The van der Waals surface area contributed by atoms with Crippen LogP contribution in [0.2, 0.25) is 0 Å². The molecule has 0 fully saturated rings. The van der Waals surface area contributed by atoms with Gasteiger partial charge in [0, 0.05) is 11.5 Å². The largest absolute Gasteiger partial charge is 0.345 e. The van der Waals surface area contributed by atoms with E-state index in [0.29, 0.717) is 10.9 Å². The van der Waals surface area contributed by atoms with E-state index < -0.39 is 11.4 Å². The monoisotopic (exact) mass is 322 g/mol. The van der Waals surface area contributed by atoms with Gasteiger partial charge in [-0.2, -0.15) is 0 Å². The molecule has 3 aromatic rings. The van der Waals surface area contributed by atoms with Gasteiger partial charge in [0.05, 0.1) is 17.1 Å². The molecule has 4 nitrogen and oxygen atoms in total. The van der Waals surface area contributed by atoms with Crippen LogP contribution in [-0.4, -0.2) is 10.9 Å². The summed E-state index contributed by atoms with van der Waals surface area (Å²) in [6.45, 7) is 0. The molecule has 0 bridgehead atoms. The van der Waals surface area contributed by atoms with E-state index in [0.717, 1.165) is 18.4 Å². The van der Waals surface area contributed by atoms with Crippen LogP contribution in [0.5, 0.6) is 0 Å². The average molecular weight is 322 g/mol. The van der Waals surface area contributed by atoms with Gasteiger partial charge in [0.1, 0.15) is 5.82 Å². The highest BCUT2D eigenvalue weighted by molar-refractivity contribution is 6.06. The number of carbonyl (C=O) groups excluding carboxylic acids is 1. The van der Waals surface area contributed by atoms with E-state index in [1.807, 2.05) is 18.2 Å². The Morgan fingerprint density at radius 2 is 2.00 bits per heavy atom. The first-order chi connectivity index (χ1) is 11.6. The SMILES string of the molecule is O=C(NC1CCc2ccccc21)c1cc(=O)[nH]c2cc(F)ccc12. The smallest absolute Gasteiger partial charge is 0.252 e. The van der Waals surface area contributed by atoms with Crippen molar-refractivity contribution in [2.75, 3.05) is 0 Å². The average Bonchev–Trinajstić information content (AvgIpc) is 2.97. The summed E-state index contributed by atoms with van der Waals surface area (Å²) in [5.74, 6) is -0.778. The Hall–Kier alpha value is -2.95. The third-order valence-corrected chi connectivity index (χ3v) is 4.49. The van der Waals surface area contributed by atoms with Gasteiger partial charge in [0.15, 0.2) is 0 Å². The highest BCUT2D eigenvalue weighted by atomic mass is 19.1. The van der Waals surface area contributed by atoms with Crippen LogP contribution in [0.25, 0.3) is 10.9 Å². The lowest BCUT2D eigenvalue weighted by Crippen LogP contribution is -2.28. The molecule has 0 radical (unpaired) electrons. The van der Waals surface area contributed by atoms with Crippen LogP contribution in [0.4, 0.5) is 4.39 Å². The van der Waals surface area contributed by atoms with Gasteiger partial charge in [-0.3, -0.25) is 9.59 Å². The van der Waals surface area contributed by atoms with Crippen LogP contribution in [-0.2, 0) is 6.42 Å². The second-order valence-electron chi connectivity index (χ2n) is 6.00. The van der Waals surface area contributed by atoms with Crippen LogP contribution in [0, 0.1) is 5.82 Å². The Labute approximate surface area is 137 Å². The predicted molar refractivity (Wildman–Crippen MR) is 89.5 cm³/mol. The fraction of sp³-hybridized carbons (Fsp3) is 0.158. The van der Waals surface area contributed by atoms with Gasteiger partial charge in [0.25, 0.3) is 5.91 Å². The van der Waals surface area contributed by atoms with E-state index in [-0.39, 0.29) is 17.5 Å². The number of aromatic amines is 1. The van der Waals surface area contributed by atoms with Gasteiger partial charge in [-0.05, 0) is 42.2 Å². The van der Waals surface area contributed by atoms with Crippen molar-refractivity contribution in [3.05, 3.63) is 81.4 Å². The summed E-state index contributed by atoms with van der Waals surface area (Å²) in [4.78, 5) is 27.1. The van der Waals surface area contributed by atoms with Crippen molar-refractivity contribution < 1.29 is 9.18 Å². The minimum atomic E-state index is -0.458. The quantitative estimate of drug-likeness (QED) is 0.761. The van der Waals surface area contributed by atoms with Crippen molar-refractivity contribution in [2.24, 2.45) is 0 Å². The molecule has 1 amide bonds. The maximum absolute atomic E-state index is 13.4. The maximum Gasteiger partial charge on any atom is 0.252 e. The zero-order valence-electron chi connectivity index (χ0n) is 12.8. The van der Waals surface area contributed by atoms with Crippen molar-refractivity contribution in [3.63, 3.8) is 0 Å². The van der Waals surface area contributed by atoms with E-state index in [1.54, 1.807) is 0 Å². The molecule has 1 aliphatic rings. The molecule has 0 spiro atoms. The second-order valence-corrected chi connectivity index (χ2v) is 6.00. The van der Waals surface area contributed by atoms with E-state index in [1.165, 1.54) is 29.8 Å². The summed E-state index contributed by atoms with van der Waals surface area (Å²) >= 11 is 0. The zero-order chi connectivity index (χ0) is 16.7. The molecule has 2 aromatic carbocycles. The van der Waals surface area contributed by atoms with Crippen molar-refractivity contribution in [1.82, 2.24) is 10.3 Å². The summed E-state index contributed by atoms with van der Waals surface area (Å²) < 4.78 is 13.4. The molecule has 120 valence electrons. The van der Waals surface area contributed by atoms with Crippen molar-refractivity contribution in [1.29, 1.82) is 0 Å². The Bertz CT molecular complexity index is 1010. The molecule has 0 saturated carbocycles. The summed E-state index contributed by atoms with van der Waals surface area (Å²) in [5.41, 5.74) is 2.51. The molecule has 1 heterocycles. The lowest BCUT2D eigenvalue weighted by Gasteiger charge is -2.15. The first-order valence-corrected chi connectivity index (χ1v) is 7.83. The predicted octanol–water partition coefficient (Wildman–Crippen LogP) is 3.08. The third kappa shape index (κ3) is 2.48. The summed E-state index contributed by atoms with van der Waals surface area (Å²) in [7, 11) is 0. The lowest BCUT2D eigenvalue weighted by atomic mass is 10.1. The van der Waals surface area contributed by atoms with Crippen LogP contribution >= 0.6 is 0 Å². The molecular weight excluding hydrogens is 307 g/mol. The van der Waals surface area contributed by atoms with Gasteiger partial charge in [-0.15, -0.1) is 0 Å².